The van der Waals surface area contributed by atoms with Crippen LogP contribution < -0.4 is 5.32 Å². The van der Waals surface area contributed by atoms with Crippen molar-refractivity contribution in [3.8, 4) is 0 Å². The Balaban J connectivity index is 2.02. The molecule has 1 aromatic carbocycles. The second-order valence-corrected chi connectivity index (χ2v) is 4.76. The van der Waals surface area contributed by atoms with Crippen molar-refractivity contribution in [2.45, 2.75) is 19.5 Å². The van der Waals surface area contributed by atoms with E-state index < -0.39 is 0 Å². The summed E-state index contributed by atoms with van der Waals surface area (Å²) >= 11 is 5.72. The summed E-state index contributed by atoms with van der Waals surface area (Å²) in [6.45, 7) is 5.70. The Kier molecular flexibility index (Phi) is 3.79. The summed E-state index contributed by atoms with van der Waals surface area (Å²) in [5.74, 6) is -0.210. The monoisotopic (exact) mass is 242 g/mol. The lowest BCUT2D eigenvalue weighted by Gasteiger charge is -2.31. The summed E-state index contributed by atoms with van der Waals surface area (Å²) in [5.41, 5.74) is 0.721. The first-order valence-corrected chi connectivity index (χ1v) is 5.92. The smallest absolute Gasteiger partial charge is 0.129 e. The van der Waals surface area contributed by atoms with Gasteiger partial charge >= 0.3 is 0 Å². The van der Waals surface area contributed by atoms with Gasteiger partial charge in [0.25, 0.3) is 0 Å². The van der Waals surface area contributed by atoms with E-state index in [1.54, 1.807) is 12.1 Å². The number of nitrogens with one attached hydrogen (secondary N) is 1. The maximum Gasteiger partial charge on any atom is 0.129 e. The molecule has 0 amide bonds. The molecule has 1 aliphatic rings. The zero-order chi connectivity index (χ0) is 11.5. The van der Waals surface area contributed by atoms with Gasteiger partial charge in [0, 0.05) is 42.8 Å². The molecule has 2 rings (SSSR count). The van der Waals surface area contributed by atoms with Gasteiger partial charge in [0.15, 0.2) is 0 Å². The third kappa shape index (κ3) is 2.94. The number of hydrogen-bond acceptors (Lipinski definition) is 2. The van der Waals surface area contributed by atoms with E-state index in [-0.39, 0.29) is 5.82 Å². The number of rotatable bonds is 2. The molecule has 0 unspecified atom stereocenters. The van der Waals surface area contributed by atoms with Crippen LogP contribution in [0.1, 0.15) is 12.5 Å². The third-order valence-electron chi connectivity index (χ3n) is 2.86. The van der Waals surface area contributed by atoms with Crippen LogP contribution in [0.15, 0.2) is 18.2 Å². The van der Waals surface area contributed by atoms with E-state index in [1.807, 2.05) is 0 Å². The molecule has 0 aromatic heterocycles. The van der Waals surface area contributed by atoms with Gasteiger partial charge in [-0.1, -0.05) is 17.7 Å². The summed E-state index contributed by atoms with van der Waals surface area (Å²) in [6, 6.07) is 5.36. The molecular formula is C12H16ClFN2. The van der Waals surface area contributed by atoms with Gasteiger partial charge in [-0.2, -0.15) is 0 Å². The number of benzene rings is 1. The molecule has 4 heteroatoms. The lowest BCUT2D eigenvalue weighted by molar-refractivity contribution is 0.197. The van der Waals surface area contributed by atoms with Crippen molar-refractivity contribution < 1.29 is 4.39 Å². The first-order valence-electron chi connectivity index (χ1n) is 5.55. The number of halogens is 2. The SMILES string of the molecule is C[C@@H]1CN(Cc2ccc(Cl)cc2F)CCN1. The molecule has 1 aliphatic heterocycles. The largest absolute Gasteiger partial charge is 0.312 e. The van der Waals surface area contributed by atoms with Crippen molar-refractivity contribution in [3.63, 3.8) is 0 Å². The predicted octanol–water partition coefficient (Wildman–Crippen LogP) is 2.27. The molecule has 1 saturated heterocycles. The molecule has 0 radical (unpaired) electrons. The molecule has 16 heavy (non-hydrogen) atoms. The topological polar surface area (TPSA) is 15.3 Å². The van der Waals surface area contributed by atoms with Crippen LogP contribution in [0.2, 0.25) is 5.02 Å². The minimum atomic E-state index is -0.210. The van der Waals surface area contributed by atoms with Crippen molar-refractivity contribution in [1.82, 2.24) is 10.2 Å². The van der Waals surface area contributed by atoms with Crippen LogP contribution in [0, 0.1) is 5.82 Å². The van der Waals surface area contributed by atoms with E-state index in [1.165, 1.54) is 6.07 Å². The Morgan fingerprint density at radius 3 is 3.06 bits per heavy atom. The van der Waals surface area contributed by atoms with Gasteiger partial charge in [0.2, 0.25) is 0 Å². The highest BCUT2D eigenvalue weighted by molar-refractivity contribution is 6.30. The second kappa shape index (κ2) is 5.13. The first-order chi connectivity index (χ1) is 7.65. The zero-order valence-corrected chi connectivity index (χ0v) is 10.1. The standard InChI is InChI=1S/C12H16ClFN2/c1-9-7-16(5-4-15-9)8-10-2-3-11(13)6-12(10)14/h2-3,6,9,15H,4-5,7-8H2,1H3/t9-/m1/s1. The summed E-state index contributed by atoms with van der Waals surface area (Å²) in [5, 5.41) is 3.82. The van der Waals surface area contributed by atoms with E-state index in [0.717, 1.165) is 25.2 Å². The highest BCUT2D eigenvalue weighted by atomic mass is 35.5. The second-order valence-electron chi connectivity index (χ2n) is 4.33. The maximum absolute atomic E-state index is 13.6. The molecule has 88 valence electrons. The van der Waals surface area contributed by atoms with Crippen LogP contribution in [0.25, 0.3) is 0 Å². The lowest BCUT2D eigenvalue weighted by Crippen LogP contribution is -2.48. The average Bonchev–Trinajstić information content (AvgIpc) is 2.22. The maximum atomic E-state index is 13.6. The molecule has 2 nitrogen and oxygen atoms in total. The van der Waals surface area contributed by atoms with Gasteiger partial charge in [-0.15, -0.1) is 0 Å². The van der Waals surface area contributed by atoms with E-state index in [9.17, 15) is 4.39 Å². The van der Waals surface area contributed by atoms with Gasteiger partial charge in [-0.25, -0.2) is 4.39 Å². The van der Waals surface area contributed by atoms with Crippen molar-refractivity contribution in [2.24, 2.45) is 0 Å². The molecule has 0 aliphatic carbocycles. The Hall–Kier alpha value is -0.640. The molecule has 0 saturated carbocycles. The quantitative estimate of drug-likeness (QED) is 0.856. The molecule has 1 fully saturated rings. The zero-order valence-electron chi connectivity index (χ0n) is 9.34. The van der Waals surface area contributed by atoms with E-state index in [4.69, 9.17) is 11.6 Å². The van der Waals surface area contributed by atoms with Gasteiger partial charge in [0.05, 0.1) is 0 Å². The summed E-state index contributed by atoms with van der Waals surface area (Å²) in [7, 11) is 0. The van der Waals surface area contributed by atoms with Crippen LogP contribution >= 0.6 is 11.6 Å². The highest BCUT2D eigenvalue weighted by Crippen LogP contribution is 2.16. The number of hydrogen-bond donors (Lipinski definition) is 1. The molecule has 0 bridgehead atoms. The van der Waals surface area contributed by atoms with Gasteiger partial charge in [-0.05, 0) is 19.1 Å². The fraction of sp³-hybridized carbons (Fsp3) is 0.500. The Morgan fingerprint density at radius 2 is 2.38 bits per heavy atom. The molecule has 1 aromatic rings. The Bertz CT molecular complexity index is 370. The van der Waals surface area contributed by atoms with Crippen molar-refractivity contribution in [1.29, 1.82) is 0 Å². The molecule has 1 heterocycles. The van der Waals surface area contributed by atoms with Crippen LogP contribution in [0.3, 0.4) is 0 Å². The van der Waals surface area contributed by atoms with Gasteiger partial charge < -0.3 is 5.32 Å². The number of nitrogens with zero attached hydrogens (tertiary/aromatic N) is 1. The van der Waals surface area contributed by atoms with Crippen LogP contribution in [0.4, 0.5) is 4.39 Å². The fourth-order valence-electron chi connectivity index (χ4n) is 2.05. The Labute approximate surface area is 100 Å². The summed E-state index contributed by atoms with van der Waals surface area (Å²) < 4.78 is 13.6. The van der Waals surface area contributed by atoms with Crippen LogP contribution in [0.5, 0.6) is 0 Å². The first kappa shape index (κ1) is 11.8. The van der Waals surface area contributed by atoms with Crippen molar-refractivity contribution in [2.75, 3.05) is 19.6 Å². The minimum Gasteiger partial charge on any atom is -0.312 e. The lowest BCUT2D eigenvalue weighted by atomic mass is 10.1. The number of piperazine rings is 1. The van der Waals surface area contributed by atoms with E-state index in [2.05, 4.69) is 17.1 Å². The summed E-state index contributed by atoms with van der Waals surface area (Å²) in [4.78, 5) is 2.26. The fourth-order valence-corrected chi connectivity index (χ4v) is 2.21. The van der Waals surface area contributed by atoms with E-state index in [0.29, 0.717) is 17.6 Å². The Morgan fingerprint density at radius 1 is 1.56 bits per heavy atom. The average molecular weight is 243 g/mol. The van der Waals surface area contributed by atoms with Crippen LogP contribution in [-0.2, 0) is 6.54 Å². The molecule has 0 spiro atoms. The van der Waals surface area contributed by atoms with Crippen molar-refractivity contribution in [3.05, 3.63) is 34.6 Å². The van der Waals surface area contributed by atoms with Gasteiger partial charge in [0.1, 0.15) is 5.82 Å². The molecule has 1 N–H and O–H groups in total. The highest BCUT2D eigenvalue weighted by Gasteiger charge is 2.16. The molecular weight excluding hydrogens is 227 g/mol. The van der Waals surface area contributed by atoms with Crippen molar-refractivity contribution >= 4 is 11.6 Å². The van der Waals surface area contributed by atoms with E-state index >= 15 is 0 Å². The predicted molar refractivity (Wildman–Crippen MR) is 64.2 cm³/mol. The summed E-state index contributed by atoms with van der Waals surface area (Å²) in [6.07, 6.45) is 0. The van der Waals surface area contributed by atoms with Gasteiger partial charge in [-0.3, -0.25) is 4.90 Å². The normalized spacial score (nSPS) is 22.3. The third-order valence-corrected chi connectivity index (χ3v) is 3.10. The molecule has 1 atom stereocenters. The van der Waals surface area contributed by atoms with Crippen LogP contribution in [-0.4, -0.2) is 30.6 Å². The minimum absolute atomic E-state index is 0.210.